The first-order valence-electron chi connectivity index (χ1n) is 11.9. The minimum absolute atomic E-state index is 0.0603. The molecular formula is C26H29N3O4S. The third-order valence-corrected chi connectivity index (χ3v) is 8.32. The van der Waals surface area contributed by atoms with Gasteiger partial charge in [0.2, 0.25) is 5.91 Å². The van der Waals surface area contributed by atoms with Crippen LogP contribution in [0.5, 0.6) is 0 Å². The number of carbonyl (C=O) groups excluding carboxylic acids is 2. The van der Waals surface area contributed by atoms with Crippen molar-refractivity contribution < 1.29 is 19.5 Å². The second kappa shape index (κ2) is 9.25. The van der Waals surface area contributed by atoms with Crippen molar-refractivity contribution in [2.24, 2.45) is 13.0 Å². The summed E-state index contributed by atoms with van der Waals surface area (Å²) in [5.74, 6) is -0.612. The van der Waals surface area contributed by atoms with Gasteiger partial charge in [-0.2, -0.15) is 0 Å². The molecule has 8 heteroatoms. The molecule has 2 aliphatic rings. The van der Waals surface area contributed by atoms with E-state index in [0.717, 1.165) is 27.8 Å². The molecule has 7 nitrogen and oxygen atoms in total. The number of amides is 2. The third-order valence-electron chi connectivity index (χ3n) is 7.19. The summed E-state index contributed by atoms with van der Waals surface area (Å²) in [5.41, 5.74) is 2.57. The molecule has 3 aromatic rings. The topological polar surface area (TPSA) is 91.6 Å². The lowest BCUT2D eigenvalue weighted by Gasteiger charge is -2.27. The van der Waals surface area contributed by atoms with Crippen LogP contribution in [0.1, 0.15) is 69.7 Å². The maximum Gasteiger partial charge on any atom is 0.339 e. The Kier molecular flexibility index (Phi) is 6.16. The highest BCUT2D eigenvalue weighted by Crippen LogP contribution is 2.38. The van der Waals surface area contributed by atoms with Crippen LogP contribution in [-0.2, 0) is 24.8 Å². The number of para-hydroxylation sites is 1. The molecule has 0 spiro atoms. The summed E-state index contributed by atoms with van der Waals surface area (Å²) in [6, 6.07) is 7.81. The van der Waals surface area contributed by atoms with Crippen molar-refractivity contribution in [3.05, 3.63) is 52.0 Å². The van der Waals surface area contributed by atoms with Gasteiger partial charge in [-0.25, -0.2) is 4.79 Å². The summed E-state index contributed by atoms with van der Waals surface area (Å²) in [5, 5.41) is 14.0. The summed E-state index contributed by atoms with van der Waals surface area (Å²) in [6.07, 6.45) is 8.42. The number of carboxylic acids is 1. The first kappa shape index (κ1) is 22.7. The summed E-state index contributed by atoms with van der Waals surface area (Å²) < 4.78 is 1.95. The van der Waals surface area contributed by atoms with Gasteiger partial charge < -0.3 is 19.9 Å². The van der Waals surface area contributed by atoms with E-state index in [4.69, 9.17) is 0 Å². The summed E-state index contributed by atoms with van der Waals surface area (Å²) in [4.78, 5) is 40.6. The Hall–Kier alpha value is -3.13. The number of nitrogens with one attached hydrogen (secondary N) is 1. The van der Waals surface area contributed by atoms with E-state index in [0.29, 0.717) is 42.4 Å². The van der Waals surface area contributed by atoms with Crippen molar-refractivity contribution in [3.63, 3.8) is 0 Å². The van der Waals surface area contributed by atoms with Crippen LogP contribution in [0, 0.1) is 5.92 Å². The number of aromatic nitrogens is 1. The van der Waals surface area contributed by atoms with E-state index < -0.39 is 5.97 Å². The van der Waals surface area contributed by atoms with Crippen LogP contribution in [-0.4, -0.2) is 38.9 Å². The molecule has 2 amide bonds. The predicted molar refractivity (Wildman–Crippen MR) is 132 cm³/mol. The first-order chi connectivity index (χ1) is 16.4. The van der Waals surface area contributed by atoms with E-state index >= 15 is 0 Å². The van der Waals surface area contributed by atoms with Crippen molar-refractivity contribution >= 4 is 45.0 Å². The number of fused-ring (bicyclic) bond motifs is 2. The highest BCUT2D eigenvalue weighted by Gasteiger charge is 2.31. The number of aromatic carboxylic acids is 1. The Morgan fingerprint density at radius 3 is 2.71 bits per heavy atom. The van der Waals surface area contributed by atoms with Crippen LogP contribution in [0.25, 0.3) is 10.9 Å². The number of benzene rings is 1. The molecule has 0 radical (unpaired) electrons. The summed E-state index contributed by atoms with van der Waals surface area (Å²) >= 11 is 1.29. The van der Waals surface area contributed by atoms with Gasteiger partial charge in [0.25, 0.3) is 5.91 Å². The second-order valence-electron chi connectivity index (χ2n) is 9.40. The van der Waals surface area contributed by atoms with Gasteiger partial charge >= 0.3 is 5.97 Å². The van der Waals surface area contributed by atoms with E-state index in [-0.39, 0.29) is 17.4 Å². The van der Waals surface area contributed by atoms with E-state index in [2.05, 4.69) is 5.32 Å². The number of carboxylic acid groups (broad SMARTS) is 1. The Labute approximate surface area is 202 Å². The Bertz CT molecular complexity index is 1270. The highest BCUT2D eigenvalue weighted by molar-refractivity contribution is 7.17. The maximum absolute atomic E-state index is 13.4. The highest BCUT2D eigenvalue weighted by atomic mass is 32.1. The van der Waals surface area contributed by atoms with Crippen molar-refractivity contribution in [1.82, 2.24) is 9.47 Å². The molecule has 5 rings (SSSR count). The molecule has 1 saturated carbocycles. The van der Waals surface area contributed by atoms with Gasteiger partial charge in [0.15, 0.2) is 0 Å². The number of anilines is 1. The molecule has 0 saturated heterocycles. The first-order valence-corrected chi connectivity index (χ1v) is 12.7. The van der Waals surface area contributed by atoms with Crippen LogP contribution in [0.15, 0.2) is 30.5 Å². The molecule has 178 valence electrons. The van der Waals surface area contributed by atoms with Crippen molar-refractivity contribution in [2.45, 2.75) is 51.5 Å². The van der Waals surface area contributed by atoms with Gasteiger partial charge in [-0.3, -0.25) is 9.59 Å². The normalized spacial score (nSPS) is 16.1. The summed E-state index contributed by atoms with van der Waals surface area (Å²) in [6.45, 7) is 0.793. The quantitative estimate of drug-likeness (QED) is 0.518. The molecule has 34 heavy (non-hydrogen) atoms. The van der Waals surface area contributed by atoms with Gasteiger partial charge in [-0.1, -0.05) is 43.9 Å². The largest absolute Gasteiger partial charge is 0.478 e. The molecule has 0 bridgehead atoms. The third kappa shape index (κ3) is 4.22. The van der Waals surface area contributed by atoms with Crippen LogP contribution in [0.2, 0.25) is 0 Å². The molecule has 1 aromatic carbocycles. The van der Waals surface area contributed by atoms with E-state index in [1.54, 1.807) is 4.90 Å². The molecule has 0 unspecified atom stereocenters. The van der Waals surface area contributed by atoms with E-state index in [1.807, 2.05) is 42.1 Å². The molecule has 1 fully saturated rings. The summed E-state index contributed by atoms with van der Waals surface area (Å²) in [7, 11) is 1.92. The fraction of sp³-hybridized carbons (Fsp3) is 0.423. The SMILES string of the molecule is Cn1cc(C(=O)N2CCc3c(sc(NC(=O)CCC4CCCC4)c3C(=O)O)C2)c2ccccc21. The van der Waals surface area contributed by atoms with Gasteiger partial charge in [0.05, 0.1) is 17.7 Å². The van der Waals surface area contributed by atoms with Gasteiger partial charge in [0, 0.05) is 42.0 Å². The number of rotatable bonds is 6. The molecule has 2 N–H and O–H groups in total. The average Bonchev–Trinajstić information content (AvgIpc) is 3.54. The molecular weight excluding hydrogens is 450 g/mol. The lowest BCUT2D eigenvalue weighted by atomic mass is 10.0. The van der Waals surface area contributed by atoms with Crippen LogP contribution < -0.4 is 5.32 Å². The molecule has 1 aliphatic heterocycles. The smallest absolute Gasteiger partial charge is 0.339 e. The number of hydrogen-bond donors (Lipinski definition) is 2. The number of aryl methyl sites for hydroxylation is 1. The number of nitrogens with zero attached hydrogens (tertiary/aromatic N) is 2. The fourth-order valence-electron chi connectivity index (χ4n) is 5.40. The monoisotopic (exact) mass is 479 g/mol. The number of thiophene rings is 1. The van der Waals surface area contributed by atoms with Crippen LogP contribution in [0.3, 0.4) is 0 Å². The lowest BCUT2D eigenvalue weighted by molar-refractivity contribution is -0.116. The zero-order valence-electron chi connectivity index (χ0n) is 19.3. The second-order valence-corrected chi connectivity index (χ2v) is 10.5. The van der Waals surface area contributed by atoms with Crippen molar-refractivity contribution in [2.75, 3.05) is 11.9 Å². The maximum atomic E-state index is 13.4. The van der Waals surface area contributed by atoms with E-state index in [1.165, 1.54) is 37.0 Å². The average molecular weight is 480 g/mol. The number of carbonyl (C=O) groups is 3. The number of hydrogen-bond acceptors (Lipinski definition) is 4. The lowest BCUT2D eigenvalue weighted by Crippen LogP contribution is -2.35. The Morgan fingerprint density at radius 1 is 1.18 bits per heavy atom. The molecule has 3 heterocycles. The van der Waals surface area contributed by atoms with E-state index in [9.17, 15) is 19.5 Å². The Morgan fingerprint density at radius 2 is 1.94 bits per heavy atom. The van der Waals surface area contributed by atoms with Crippen LogP contribution in [0.4, 0.5) is 5.00 Å². The zero-order valence-corrected chi connectivity index (χ0v) is 20.1. The van der Waals surface area contributed by atoms with Gasteiger partial charge in [-0.15, -0.1) is 11.3 Å². The van der Waals surface area contributed by atoms with Crippen molar-refractivity contribution in [3.8, 4) is 0 Å². The minimum atomic E-state index is -1.03. The Balaban J connectivity index is 1.34. The molecule has 0 atom stereocenters. The van der Waals surface area contributed by atoms with Gasteiger partial charge in [-0.05, 0) is 30.4 Å². The van der Waals surface area contributed by atoms with Crippen LogP contribution >= 0.6 is 11.3 Å². The fourth-order valence-corrected chi connectivity index (χ4v) is 6.67. The predicted octanol–water partition coefficient (Wildman–Crippen LogP) is 5.05. The van der Waals surface area contributed by atoms with Gasteiger partial charge in [0.1, 0.15) is 5.00 Å². The van der Waals surface area contributed by atoms with Crippen molar-refractivity contribution in [1.29, 1.82) is 0 Å². The zero-order chi connectivity index (χ0) is 23.8. The molecule has 1 aliphatic carbocycles. The minimum Gasteiger partial charge on any atom is -0.478 e. The standard InChI is InChI=1S/C26H29N3O4S/c1-28-14-19(17-8-4-5-9-20(17)28)25(31)29-13-12-18-21(15-29)34-24(23(18)26(32)33)27-22(30)11-10-16-6-2-3-7-16/h4-5,8-9,14,16H,2-3,6-7,10-13,15H2,1H3,(H,27,30)(H,32,33). The molecule has 2 aromatic heterocycles.